The first-order valence-corrected chi connectivity index (χ1v) is 10.2. The molecule has 2 aromatic carbocycles. The highest BCUT2D eigenvalue weighted by molar-refractivity contribution is 7.47. The molecular weight excluding hydrogens is 464 g/mol. The Morgan fingerprint density at radius 2 is 1.87 bits per heavy atom. The highest BCUT2D eigenvalue weighted by Crippen LogP contribution is 2.37. The Bertz CT molecular complexity index is 956. The smallest absolute Gasteiger partial charge is 0.416 e. The molecule has 0 saturated carbocycles. The largest absolute Gasteiger partial charge is 0.456 e. The van der Waals surface area contributed by atoms with Crippen LogP contribution in [-0.4, -0.2) is 37.8 Å². The molecule has 2 rings (SSSR count). The van der Waals surface area contributed by atoms with Gasteiger partial charge >= 0.3 is 6.18 Å². The van der Waals surface area contributed by atoms with Crippen LogP contribution in [0.2, 0.25) is 5.02 Å². The molecule has 2 aromatic rings. The maximum absolute atomic E-state index is 12.8. The minimum atomic E-state index is -4.58. The minimum Gasteiger partial charge on any atom is -0.456 e. The second-order valence-corrected chi connectivity index (χ2v) is 8.01. The van der Waals surface area contributed by atoms with Gasteiger partial charge in [-0.1, -0.05) is 11.6 Å². The molecule has 8 nitrogen and oxygen atoms in total. The average Bonchev–Trinajstić information content (AvgIpc) is 2.71. The van der Waals surface area contributed by atoms with E-state index < -0.39 is 36.5 Å². The summed E-state index contributed by atoms with van der Waals surface area (Å²) < 4.78 is 53.8. The van der Waals surface area contributed by atoms with Crippen molar-refractivity contribution in [2.24, 2.45) is 0 Å². The predicted molar refractivity (Wildman–Crippen MR) is 108 cm³/mol. The van der Waals surface area contributed by atoms with Crippen LogP contribution in [-0.2, 0) is 15.2 Å². The van der Waals surface area contributed by atoms with E-state index in [0.717, 1.165) is 24.3 Å². The van der Waals surface area contributed by atoms with Crippen LogP contribution in [0, 0.1) is 10.1 Å². The van der Waals surface area contributed by atoms with Gasteiger partial charge in [-0.25, -0.2) is 0 Å². The van der Waals surface area contributed by atoms with Crippen LogP contribution < -0.4 is 10.1 Å². The molecule has 0 aliphatic rings. The van der Waals surface area contributed by atoms with Crippen molar-refractivity contribution in [1.29, 1.82) is 0 Å². The lowest BCUT2D eigenvalue weighted by Gasteiger charge is -2.13. The normalized spacial score (nSPS) is 11.6. The van der Waals surface area contributed by atoms with Gasteiger partial charge in [0.25, 0.3) is 5.69 Å². The molecule has 0 radical (unpaired) electrons. The monoisotopic (exact) mass is 480 g/mol. The molecule has 31 heavy (non-hydrogen) atoms. The number of halogens is 4. The Morgan fingerprint density at radius 3 is 2.42 bits per heavy atom. The highest BCUT2D eigenvalue weighted by Gasteiger charge is 2.31. The van der Waals surface area contributed by atoms with E-state index in [1.165, 1.54) is 20.3 Å². The third kappa shape index (κ3) is 6.84. The lowest BCUT2D eigenvalue weighted by molar-refractivity contribution is -0.385. The van der Waals surface area contributed by atoms with Gasteiger partial charge in [-0.15, -0.1) is 0 Å². The summed E-state index contributed by atoms with van der Waals surface area (Å²) >= 11 is 5.86. The van der Waals surface area contributed by atoms with E-state index in [9.17, 15) is 28.1 Å². The quantitative estimate of drug-likeness (QED) is 0.210. The summed E-state index contributed by atoms with van der Waals surface area (Å²) in [6.45, 7) is -0.239. The standard InChI is InChI=1S/C18H17ClF3N2O6P/c1-28-31(29-2)10-23-9-16(25)13-8-12(4-5-15(13)24(26)27)30-17-6-3-11(7-14(17)19)18(20,21)22/h3-8,23H,9-10H2,1-2H3. The number of Topliss-reactive ketones (excluding diaryl/α,β-unsaturated/α-hetero) is 1. The van der Waals surface area contributed by atoms with Gasteiger partial charge in [0.05, 0.1) is 28.3 Å². The number of rotatable bonds is 10. The number of benzene rings is 2. The number of ether oxygens (including phenoxy) is 1. The lowest BCUT2D eigenvalue weighted by Crippen LogP contribution is -2.24. The summed E-state index contributed by atoms with van der Waals surface area (Å²) in [6, 6.07) is 5.91. The molecule has 0 saturated heterocycles. The number of carbonyl (C=O) groups is 1. The van der Waals surface area contributed by atoms with E-state index in [4.69, 9.17) is 25.4 Å². The SMILES string of the molecule is COP(CNCC(=O)c1cc(Oc2ccc(C(F)(F)F)cc2Cl)ccc1[N+](=O)[O-])OC. The van der Waals surface area contributed by atoms with Gasteiger partial charge < -0.3 is 19.1 Å². The van der Waals surface area contributed by atoms with Gasteiger partial charge in [-0.3, -0.25) is 14.9 Å². The van der Waals surface area contributed by atoms with Gasteiger partial charge in [0, 0.05) is 20.3 Å². The van der Waals surface area contributed by atoms with Crippen molar-refractivity contribution < 1.29 is 36.7 Å². The summed E-state index contributed by atoms with van der Waals surface area (Å²) in [5.74, 6) is -0.713. The van der Waals surface area contributed by atoms with Crippen molar-refractivity contribution in [3.63, 3.8) is 0 Å². The van der Waals surface area contributed by atoms with E-state index >= 15 is 0 Å². The van der Waals surface area contributed by atoms with Crippen LogP contribution in [0.3, 0.4) is 0 Å². The highest BCUT2D eigenvalue weighted by atomic mass is 35.5. The first-order chi connectivity index (χ1) is 14.6. The molecule has 0 bridgehead atoms. The van der Waals surface area contributed by atoms with Gasteiger partial charge in [-0.05, 0) is 30.3 Å². The number of hydrogen-bond donors (Lipinski definition) is 1. The molecule has 0 aliphatic carbocycles. The van der Waals surface area contributed by atoms with Gasteiger partial charge in [-0.2, -0.15) is 13.2 Å². The maximum atomic E-state index is 12.8. The topological polar surface area (TPSA) is 99.9 Å². The fourth-order valence-corrected chi connectivity index (χ4v) is 3.33. The number of nitrogens with one attached hydrogen (secondary N) is 1. The van der Waals surface area contributed by atoms with E-state index in [1.54, 1.807) is 0 Å². The van der Waals surface area contributed by atoms with Crippen LogP contribution >= 0.6 is 20.0 Å². The number of nitro benzene ring substituents is 1. The van der Waals surface area contributed by atoms with Crippen molar-refractivity contribution in [3.05, 3.63) is 62.7 Å². The molecule has 0 aromatic heterocycles. The zero-order valence-corrected chi connectivity index (χ0v) is 17.9. The third-order valence-corrected chi connectivity index (χ3v) is 5.48. The number of nitrogens with zero attached hydrogens (tertiary/aromatic N) is 1. The molecule has 0 aliphatic heterocycles. The predicted octanol–water partition coefficient (Wildman–Crippen LogP) is 5.39. The van der Waals surface area contributed by atoms with Crippen molar-refractivity contribution >= 4 is 31.4 Å². The van der Waals surface area contributed by atoms with Crippen LogP contribution in [0.25, 0.3) is 0 Å². The Balaban J connectivity index is 2.23. The van der Waals surface area contributed by atoms with Crippen LogP contribution in [0.1, 0.15) is 15.9 Å². The third-order valence-electron chi connectivity index (χ3n) is 3.89. The summed E-state index contributed by atoms with van der Waals surface area (Å²) in [5.41, 5.74) is -1.64. The molecular formula is C18H17ClF3N2O6P. The Kier molecular flexibility index (Phi) is 8.72. The summed E-state index contributed by atoms with van der Waals surface area (Å²) in [4.78, 5) is 23.1. The number of nitro groups is 1. The van der Waals surface area contributed by atoms with Crippen LogP contribution in [0.15, 0.2) is 36.4 Å². The number of alkyl halides is 3. The van der Waals surface area contributed by atoms with E-state index in [-0.39, 0.29) is 34.9 Å². The number of ketones is 1. The second-order valence-electron chi connectivity index (χ2n) is 5.89. The first kappa shape index (κ1) is 25.0. The molecule has 13 heteroatoms. The molecule has 0 fully saturated rings. The van der Waals surface area contributed by atoms with Crippen molar-refractivity contribution in [1.82, 2.24) is 5.32 Å². The molecule has 0 atom stereocenters. The van der Waals surface area contributed by atoms with E-state index in [1.807, 2.05) is 0 Å². The molecule has 0 amide bonds. The van der Waals surface area contributed by atoms with Crippen molar-refractivity contribution in [2.75, 3.05) is 27.1 Å². The van der Waals surface area contributed by atoms with Gasteiger partial charge in [0.15, 0.2) is 14.2 Å². The molecule has 0 spiro atoms. The zero-order valence-electron chi connectivity index (χ0n) is 16.2. The van der Waals surface area contributed by atoms with Crippen LogP contribution in [0.5, 0.6) is 11.5 Å². The number of carbonyl (C=O) groups excluding carboxylic acids is 1. The number of hydrogen-bond acceptors (Lipinski definition) is 7. The van der Waals surface area contributed by atoms with Crippen LogP contribution in [0.4, 0.5) is 18.9 Å². The van der Waals surface area contributed by atoms with Gasteiger partial charge in [0.1, 0.15) is 17.1 Å². The Hall–Kier alpha value is -2.30. The maximum Gasteiger partial charge on any atom is 0.416 e. The average molecular weight is 481 g/mol. The lowest BCUT2D eigenvalue weighted by atomic mass is 10.1. The fourth-order valence-electron chi connectivity index (χ4n) is 2.41. The minimum absolute atomic E-state index is 0.00774. The first-order valence-electron chi connectivity index (χ1n) is 8.49. The Labute approximate surface area is 181 Å². The van der Waals surface area contributed by atoms with Gasteiger partial charge in [0.2, 0.25) is 0 Å². The summed E-state index contributed by atoms with van der Waals surface area (Å²) in [6.07, 6.45) is -4.35. The fraction of sp³-hybridized carbons (Fsp3) is 0.278. The summed E-state index contributed by atoms with van der Waals surface area (Å²) in [5, 5.41) is 13.8. The zero-order chi connectivity index (χ0) is 23.2. The van der Waals surface area contributed by atoms with Crippen molar-refractivity contribution in [3.8, 4) is 11.5 Å². The molecule has 1 N–H and O–H groups in total. The molecule has 0 unspecified atom stereocenters. The summed E-state index contributed by atoms with van der Waals surface area (Å²) in [7, 11) is 1.64. The van der Waals surface area contributed by atoms with Crippen molar-refractivity contribution in [2.45, 2.75) is 6.18 Å². The van der Waals surface area contributed by atoms with E-state index in [2.05, 4.69) is 5.32 Å². The Morgan fingerprint density at radius 1 is 1.19 bits per heavy atom. The second kappa shape index (κ2) is 10.8. The molecule has 0 heterocycles. The van der Waals surface area contributed by atoms with E-state index in [0.29, 0.717) is 6.07 Å². The molecule has 168 valence electrons.